The molecule has 0 aromatic heterocycles. The molecule has 0 unspecified atom stereocenters. The van der Waals surface area contributed by atoms with Crippen molar-refractivity contribution in [1.29, 1.82) is 0 Å². The van der Waals surface area contributed by atoms with Gasteiger partial charge in [0.15, 0.2) is 6.29 Å². The molecule has 2 aromatic carbocycles. The number of ether oxygens (including phenoxy) is 2. The quantitative estimate of drug-likeness (QED) is 0.774. The first kappa shape index (κ1) is 13.1. The lowest BCUT2D eigenvalue weighted by molar-refractivity contribution is 0.112. The first-order valence-electron chi connectivity index (χ1n) is 5.74. The Morgan fingerprint density at radius 2 is 2.00 bits per heavy atom. The zero-order valence-electron chi connectivity index (χ0n) is 10.4. The van der Waals surface area contributed by atoms with Crippen LogP contribution in [-0.4, -0.2) is 13.4 Å². The number of hydrogen-bond acceptors (Lipinski definition) is 3. The smallest absolute Gasteiger partial charge is 0.153 e. The van der Waals surface area contributed by atoms with Gasteiger partial charge in [-0.2, -0.15) is 0 Å². The average molecular weight is 260 g/mol. The van der Waals surface area contributed by atoms with E-state index in [9.17, 15) is 9.18 Å². The van der Waals surface area contributed by atoms with E-state index < -0.39 is 0 Å². The number of methoxy groups -OCH3 is 1. The van der Waals surface area contributed by atoms with Gasteiger partial charge in [0.2, 0.25) is 0 Å². The molecule has 0 N–H and O–H groups in total. The van der Waals surface area contributed by atoms with Gasteiger partial charge in [-0.3, -0.25) is 4.79 Å². The third-order valence-corrected chi connectivity index (χ3v) is 2.68. The van der Waals surface area contributed by atoms with Crippen LogP contribution in [0.4, 0.5) is 4.39 Å². The number of carbonyl (C=O) groups is 1. The molecule has 0 fully saturated rings. The van der Waals surface area contributed by atoms with Gasteiger partial charge >= 0.3 is 0 Å². The lowest BCUT2D eigenvalue weighted by Crippen LogP contribution is -1.99. The Hall–Kier alpha value is -2.36. The highest BCUT2D eigenvalue weighted by molar-refractivity contribution is 5.79. The molecule has 0 radical (unpaired) electrons. The van der Waals surface area contributed by atoms with E-state index in [0.717, 1.165) is 0 Å². The predicted octanol–water partition coefficient (Wildman–Crippen LogP) is 3.23. The monoisotopic (exact) mass is 260 g/mol. The van der Waals surface area contributed by atoms with Crippen LogP contribution >= 0.6 is 0 Å². The SMILES string of the molecule is COc1cc(OCc2ccccc2F)ccc1C=O. The Kier molecular flexibility index (Phi) is 4.13. The van der Waals surface area contributed by atoms with Crippen molar-refractivity contribution < 1.29 is 18.7 Å². The number of aldehydes is 1. The van der Waals surface area contributed by atoms with Crippen LogP contribution in [0.25, 0.3) is 0 Å². The van der Waals surface area contributed by atoms with Gasteiger partial charge < -0.3 is 9.47 Å². The summed E-state index contributed by atoms with van der Waals surface area (Å²) in [5.41, 5.74) is 0.918. The Morgan fingerprint density at radius 1 is 1.21 bits per heavy atom. The van der Waals surface area contributed by atoms with E-state index in [1.54, 1.807) is 36.4 Å². The van der Waals surface area contributed by atoms with Gasteiger partial charge in [-0.05, 0) is 18.2 Å². The second-order valence-corrected chi connectivity index (χ2v) is 3.90. The van der Waals surface area contributed by atoms with Crippen LogP contribution in [0.5, 0.6) is 11.5 Å². The largest absolute Gasteiger partial charge is 0.496 e. The second-order valence-electron chi connectivity index (χ2n) is 3.90. The van der Waals surface area contributed by atoms with E-state index in [2.05, 4.69) is 0 Å². The van der Waals surface area contributed by atoms with E-state index in [-0.39, 0.29) is 12.4 Å². The molecule has 0 heterocycles. The molecule has 0 saturated heterocycles. The average Bonchev–Trinajstić information content (AvgIpc) is 2.46. The fourth-order valence-electron chi connectivity index (χ4n) is 1.66. The number of halogens is 1. The number of benzene rings is 2. The van der Waals surface area contributed by atoms with Crippen molar-refractivity contribution in [1.82, 2.24) is 0 Å². The summed E-state index contributed by atoms with van der Waals surface area (Å²) in [7, 11) is 1.48. The normalized spacial score (nSPS) is 10.0. The topological polar surface area (TPSA) is 35.5 Å². The lowest BCUT2D eigenvalue weighted by atomic mass is 10.2. The minimum Gasteiger partial charge on any atom is -0.496 e. The van der Waals surface area contributed by atoms with Crippen LogP contribution in [0.3, 0.4) is 0 Å². The Morgan fingerprint density at radius 3 is 2.68 bits per heavy atom. The molecule has 3 nitrogen and oxygen atoms in total. The second kappa shape index (κ2) is 6.00. The van der Waals surface area contributed by atoms with Gasteiger partial charge in [-0.1, -0.05) is 18.2 Å². The van der Waals surface area contributed by atoms with E-state index in [1.807, 2.05) is 0 Å². The van der Waals surface area contributed by atoms with Crippen molar-refractivity contribution in [2.24, 2.45) is 0 Å². The highest BCUT2D eigenvalue weighted by atomic mass is 19.1. The van der Waals surface area contributed by atoms with Crippen LogP contribution in [0.2, 0.25) is 0 Å². The minimum absolute atomic E-state index is 0.121. The molecule has 0 bridgehead atoms. The third-order valence-electron chi connectivity index (χ3n) is 2.68. The van der Waals surface area contributed by atoms with Crippen molar-refractivity contribution in [2.75, 3.05) is 7.11 Å². The maximum Gasteiger partial charge on any atom is 0.153 e. The zero-order chi connectivity index (χ0) is 13.7. The summed E-state index contributed by atoms with van der Waals surface area (Å²) < 4.78 is 24.0. The molecule has 4 heteroatoms. The highest BCUT2D eigenvalue weighted by Gasteiger charge is 2.06. The number of rotatable bonds is 5. The summed E-state index contributed by atoms with van der Waals surface area (Å²) in [5.74, 6) is 0.644. The Bertz CT molecular complexity index is 581. The molecular weight excluding hydrogens is 247 g/mol. The minimum atomic E-state index is -0.307. The van der Waals surface area contributed by atoms with Gasteiger partial charge in [0.1, 0.15) is 23.9 Å². The first-order chi connectivity index (χ1) is 9.24. The summed E-state index contributed by atoms with van der Waals surface area (Å²) in [5, 5.41) is 0. The van der Waals surface area contributed by atoms with Crippen LogP contribution in [0.1, 0.15) is 15.9 Å². The third kappa shape index (κ3) is 3.10. The van der Waals surface area contributed by atoms with Crippen molar-refractivity contribution in [3.05, 3.63) is 59.4 Å². The van der Waals surface area contributed by atoms with E-state index >= 15 is 0 Å². The van der Waals surface area contributed by atoms with Gasteiger partial charge in [-0.25, -0.2) is 4.39 Å². The fourth-order valence-corrected chi connectivity index (χ4v) is 1.66. The molecule has 0 amide bonds. The van der Waals surface area contributed by atoms with Gasteiger partial charge in [-0.15, -0.1) is 0 Å². The molecular formula is C15H13FO3. The maximum absolute atomic E-state index is 13.4. The van der Waals surface area contributed by atoms with Crippen molar-refractivity contribution >= 4 is 6.29 Å². The molecule has 0 aliphatic carbocycles. The Labute approximate surface area is 110 Å². The molecule has 2 aromatic rings. The van der Waals surface area contributed by atoms with E-state index in [4.69, 9.17) is 9.47 Å². The summed E-state index contributed by atoms with van der Waals surface area (Å²) >= 11 is 0. The summed E-state index contributed by atoms with van der Waals surface area (Å²) in [6, 6.07) is 11.3. The zero-order valence-corrected chi connectivity index (χ0v) is 10.4. The van der Waals surface area contributed by atoms with Crippen molar-refractivity contribution in [3.63, 3.8) is 0 Å². The molecule has 98 valence electrons. The van der Waals surface area contributed by atoms with E-state index in [0.29, 0.717) is 28.9 Å². The first-order valence-corrected chi connectivity index (χ1v) is 5.74. The molecule has 0 aliphatic rings. The van der Waals surface area contributed by atoms with Crippen molar-refractivity contribution in [3.8, 4) is 11.5 Å². The standard InChI is InChI=1S/C15H13FO3/c1-18-15-8-13(7-6-11(15)9-17)19-10-12-4-2-3-5-14(12)16/h2-9H,10H2,1H3. The van der Waals surface area contributed by atoms with Gasteiger partial charge in [0, 0.05) is 11.6 Å². The van der Waals surface area contributed by atoms with Gasteiger partial charge in [0.25, 0.3) is 0 Å². The molecule has 0 spiro atoms. The van der Waals surface area contributed by atoms with E-state index in [1.165, 1.54) is 13.2 Å². The van der Waals surface area contributed by atoms with Crippen LogP contribution in [-0.2, 0) is 6.61 Å². The molecule has 19 heavy (non-hydrogen) atoms. The predicted molar refractivity (Wildman–Crippen MR) is 69.1 cm³/mol. The van der Waals surface area contributed by atoms with Crippen LogP contribution < -0.4 is 9.47 Å². The summed E-state index contributed by atoms with van der Waals surface area (Å²) in [6.07, 6.45) is 0.708. The molecule has 2 rings (SSSR count). The van der Waals surface area contributed by atoms with Gasteiger partial charge in [0.05, 0.1) is 12.7 Å². The molecule has 0 aliphatic heterocycles. The highest BCUT2D eigenvalue weighted by Crippen LogP contribution is 2.24. The maximum atomic E-state index is 13.4. The lowest BCUT2D eigenvalue weighted by Gasteiger charge is -2.09. The van der Waals surface area contributed by atoms with Crippen molar-refractivity contribution in [2.45, 2.75) is 6.61 Å². The molecule has 0 atom stereocenters. The Balaban J connectivity index is 2.12. The summed E-state index contributed by atoms with van der Waals surface area (Å²) in [4.78, 5) is 10.8. The van der Waals surface area contributed by atoms with Crippen LogP contribution in [0, 0.1) is 5.82 Å². The fraction of sp³-hybridized carbons (Fsp3) is 0.133. The number of carbonyl (C=O) groups excluding carboxylic acids is 1. The number of hydrogen-bond donors (Lipinski definition) is 0. The van der Waals surface area contributed by atoms with Crippen LogP contribution in [0.15, 0.2) is 42.5 Å². The molecule has 0 saturated carbocycles. The summed E-state index contributed by atoms with van der Waals surface area (Å²) in [6.45, 7) is 0.121.